The quantitative estimate of drug-likeness (QED) is 0.934. The number of nitrogens with one attached hydrogen (secondary N) is 1. The van der Waals surface area contributed by atoms with Crippen molar-refractivity contribution in [3.63, 3.8) is 0 Å². The highest BCUT2D eigenvalue weighted by Gasteiger charge is 2.19. The summed E-state index contributed by atoms with van der Waals surface area (Å²) in [4.78, 5) is 16.7. The van der Waals surface area contributed by atoms with Gasteiger partial charge in [-0.25, -0.2) is 4.98 Å². The van der Waals surface area contributed by atoms with Gasteiger partial charge >= 0.3 is 0 Å². The molecule has 4 nitrogen and oxygen atoms in total. The Bertz CT molecular complexity index is 625. The van der Waals surface area contributed by atoms with Crippen LogP contribution in [0.3, 0.4) is 0 Å². The minimum Gasteiger partial charge on any atom is -0.329 e. The van der Waals surface area contributed by atoms with Gasteiger partial charge in [-0.2, -0.15) is 0 Å². The maximum atomic E-state index is 11.4. The molecule has 0 spiro atoms. The zero-order valence-electron chi connectivity index (χ0n) is 10.7. The number of allylic oxidation sites excluding steroid dienone is 2. The van der Waals surface area contributed by atoms with Crippen LogP contribution in [0.1, 0.15) is 31.1 Å². The van der Waals surface area contributed by atoms with E-state index in [1.54, 1.807) is 23.9 Å². The van der Waals surface area contributed by atoms with Gasteiger partial charge in [-0.05, 0) is 24.5 Å². The summed E-state index contributed by atoms with van der Waals surface area (Å²) in [5.41, 5.74) is 3.46. The largest absolute Gasteiger partial charge is 0.329 e. The molecule has 0 unspecified atom stereocenters. The van der Waals surface area contributed by atoms with Gasteiger partial charge in [0.05, 0.1) is 12.0 Å². The molecule has 1 N–H and O–H groups in total. The highest BCUT2D eigenvalue weighted by molar-refractivity contribution is 7.11. The lowest BCUT2D eigenvalue weighted by Crippen LogP contribution is -2.27. The van der Waals surface area contributed by atoms with Gasteiger partial charge in [0.25, 0.3) is 0 Å². The number of thiophene rings is 1. The Morgan fingerprint density at radius 1 is 1.47 bits per heavy atom. The van der Waals surface area contributed by atoms with Crippen molar-refractivity contribution in [3.05, 3.63) is 40.7 Å². The first-order valence-electron chi connectivity index (χ1n) is 6.37. The van der Waals surface area contributed by atoms with Gasteiger partial charge in [-0.1, -0.05) is 6.92 Å². The normalized spacial score (nSPS) is 15.7. The number of imidazole rings is 1. The molecule has 0 fully saturated rings. The number of amides is 1. The number of rotatable bonds is 3. The van der Waals surface area contributed by atoms with Crippen molar-refractivity contribution in [1.82, 2.24) is 14.9 Å². The minimum atomic E-state index is 0.131. The average Bonchev–Trinajstić information content (AvgIpc) is 3.09. The second-order valence-electron chi connectivity index (χ2n) is 4.50. The van der Waals surface area contributed by atoms with Crippen LogP contribution in [0.2, 0.25) is 0 Å². The lowest BCUT2D eigenvalue weighted by atomic mass is 10.0. The summed E-state index contributed by atoms with van der Waals surface area (Å²) >= 11 is 1.72. The number of carbonyl (C=O) groups excluding carboxylic acids is 1. The first-order valence-corrected chi connectivity index (χ1v) is 7.25. The monoisotopic (exact) mass is 273 g/mol. The van der Waals surface area contributed by atoms with Crippen LogP contribution in [-0.4, -0.2) is 15.5 Å². The fourth-order valence-electron chi connectivity index (χ4n) is 2.30. The van der Waals surface area contributed by atoms with Gasteiger partial charge < -0.3 is 9.88 Å². The van der Waals surface area contributed by atoms with Crippen molar-refractivity contribution in [2.45, 2.75) is 26.2 Å². The van der Waals surface area contributed by atoms with Crippen LogP contribution in [-0.2, 0) is 4.79 Å². The van der Waals surface area contributed by atoms with Crippen LogP contribution in [0.5, 0.6) is 0 Å². The Morgan fingerprint density at radius 3 is 3.11 bits per heavy atom. The minimum absolute atomic E-state index is 0.131. The standard InChI is InChI=1S/C14H15N3OS/c1-2-12-11(3-4-14(18)16-12)13-7-10(8-19-13)17-6-5-15-9-17/h5-9H,2-4H2,1H3,(H,16,18). The third-order valence-electron chi connectivity index (χ3n) is 3.30. The molecule has 0 bridgehead atoms. The molecular weight excluding hydrogens is 258 g/mol. The van der Waals surface area contributed by atoms with Crippen molar-refractivity contribution >= 4 is 22.8 Å². The van der Waals surface area contributed by atoms with Gasteiger partial charge in [-0.3, -0.25) is 4.79 Å². The van der Waals surface area contributed by atoms with Crippen LogP contribution in [0.15, 0.2) is 35.9 Å². The zero-order valence-corrected chi connectivity index (χ0v) is 11.5. The Balaban J connectivity index is 1.96. The van der Waals surface area contributed by atoms with Crippen molar-refractivity contribution in [3.8, 4) is 5.69 Å². The molecule has 1 amide bonds. The van der Waals surface area contributed by atoms with E-state index >= 15 is 0 Å². The van der Waals surface area contributed by atoms with E-state index in [4.69, 9.17) is 0 Å². The van der Waals surface area contributed by atoms with Crippen molar-refractivity contribution in [2.75, 3.05) is 0 Å². The highest BCUT2D eigenvalue weighted by atomic mass is 32.1. The first-order chi connectivity index (χ1) is 9.28. The van der Waals surface area contributed by atoms with E-state index in [2.05, 4.69) is 28.7 Å². The molecule has 1 aliphatic heterocycles. The molecule has 19 heavy (non-hydrogen) atoms. The SMILES string of the molecule is CCC1=C(c2cc(-n3ccnc3)cs2)CCC(=O)N1. The van der Waals surface area contributed by atoms with Gasteiger partial charge in [0.1, 0.15) is 0 Å². The maximum Gasteiger partial charge on any atom is 0.224 e. The lowest BCUT2D eigenvalue weighted by Gasteiger charge is -2.19. The van der Waals surface area contributed by atoms with Crippen LogP contribution in [0, 0.1) is 0 Å². The molecule has 0 radical (unpaired) electrons. The summed E-state index contributed by atoms with van der Waals surface area (Å²) in [6.07, 6.45) is 7.78. The summed E-state index contributed by atoms with van der Waals surface area (Å²) in [7, 11) is 0. The molecule has 2 aromatic rings. The van der Waals surface area contributed by atoms with E-state index in [1.165, 1.54) is 10.5 Å². The van der Waals surface area contributed by atoms with E-state index in [0.717, 1.165) is 24.2 Å². The highest BCUT2D eigenvalue weighted by Crippen LogP contribution is 2.33. The van der Waals surface area contributed by atoms with Crippen molar-refractivity contribution in [2.24, 2.45) is 0 Å². The molecule has 1 aliphatic rings. The third-order valence-corrected chi connectivity index (χ3v) is 4.27. The predicted octanol–water partition coefficient (Wildman–Crippen LogP) is 2.96. The van der Waals surface area contributed by atoms with Gasteiger partial charge in [0, 0.05) is 34.8 Å². The molecule has 0 saturated heterocycles. The number of nitrogens with zero attached hydrogens (tertiary/aromatic N) is 2. The molecule has 0 aliphatic carbocycles. The van der Waals surface area contributed by atoms with Crippen LogP contribution >= 0.6 is 11.3 Å². The molecule has 0 atom stereocenters. The predicted molar refractivity (Wildman–Crippen MR) is 76.0 cm³/mol. The number of hydrogen-bond acceptors (Lipinski definition) is 3. The van der Waals surface area contributed by atoms with E-state index in [1.807, 2.05) is 10.8 Å². The number of carbonyl (C=O) groups is 1. The Kier molecular flexibility index (Phi) is 3.21. The lowest BCUT2D eigenvalue weighted by molar-refractivity contribution is -0.120. The summed E-state index contributed by atoms with van der Waals surface area (Å²) in [5.74, 6) is 0.131. The van der Waals surface area contributed by atoms with E-state index in [-0.39, 0.29) is 5.91 Å². The molecule has 2 aromatic heterocycles. The van der Waals surface area contributed by atoms with E-state index < -0.39 is 0 Å². The molecule has 3 heterocycles. The Morgan fingerprint density at radius 2 is 2.37 bits per heavy atom. The number of hydrogen-bond donors (Lipinski definition) is 1. The number of aromatic nitrogens is 2. The maximum absolute atomic E-state index is 11.4. The smallest absolute Gasteiger partial charge is 0.224 e. The molecule has 0 aromatic carbocycles. The van der Waals surface area contributed by atoms with Gasteiger partial charge in [0.15, 0.2) is 0 Å². The fraction of sp³-hybridized carbons (Fsp3) is 0.286. The van der Waals surface area contributed by atoms with Crippen LogP contribution in [0.25, 0.3) is 11.3 Å². The molecular formula is C14H15N3OS. The second-order valence-corrected chi connectivity index (χ2v) is 5.41. The van der Waals surface area contributed by atoms with Crippen molar-refractivity contribution in [1.29, 1.82) is 0 Å². The van der Waals surface area contributed by atoms with Gasteiger partial charge in [-0.15, -0.1) is 11.3 Å². The summed E-state index contributed by atoms with van der Waals surface area (Å²) < 4.78 is 1.99. The second kappa shape index (κ2) is 5.01. The fourth-order valence-corrected chi connectivity index (χ4v) is 3.29. The summed E-state index contributed by atoms with van der Waals surface area (Å²) in [5, 5.41) is 5.11. The van der Waals surface area contributed by atoms with Crippen molar-refractivity contribution < 1.29 is 4.79 Å². The summed E-state index contributed by atoms with van der Waals surface area (Å²) in [6, 6.07) is 2.16. The average molecular weight is 273 g/mol. The Labute approximate surface area is 115 Å². The molecule has 3 rings (SSSR count). The molecule has 5 heteroatoms. The Hall–Kier alpha value is -1.88. The van der Waals surface area contributed by atoms with Crippen LogP contribution < -0.4 is 5.32 Å². The third kappa shape index (κ3) is 2.33. The summed E-state index contributed by atoms with van der Waals surface area (Å²) in [6.45, 7) is 2.07. The van der Waals surface area contributed by atoms with E-state index in [0.29, 0.717) is 6.42 Å². The van der Waals surface area contributed by atoms with Crippen LogP contribution in [0.4, 0.5) is 0 Å². The topological polar surface area (TPSA) is 46.9 Å². The van der Waals surface area contributed by atoms with E-state index in [9.17, 15) is 4.79 Å². The molecule has 0 saturated carbocycles. The van der Waals surface area contributed by atoms with Gasteiger partial charge in [0.2, 0.25) is 5.91 Å². The first kappa shape index (κ1) is 12.2. The zero-order chi connectivity index (χ0) is 13.2. The molecule has 98 valence electrons.